The fourth-order valence-corrected chi connectivity index (χ4v) is 1.81. The van der Waals surface area contributed by atoms with Gasteiger partial charge in [-0.3, -0.25) is 9.69 Å². The number of aliphatic carboxylic acids is 1. The zero-order chi connectivity index (χ0) is 15.0. The Kier molecular flexibility index (Phi) is 6.50. The van der Waals surface area contributed by atoms with Crippen LogP contribution < -0.4 is 4.74 Å². The summed E-state index contributed by atoms with van der Waals surface area (Å²) in [6.07, 6.45) is 0. The van der Waals surface area contributed by atoms with E-state index < -0.39 is 5.97 Å². The lowest BCUT2D eigenvalue weighted by molar-refractivity contribution is -0.138. The minimum atomic E-state index is -0.887. The normalized spacial score (nSPS) is 10.3. The van der Waals surface area contributed by atoms with E-state index in [4.69, 9.17) is 19.8 Å². The number of carboxylic acids is 1. The van der Waals surface area contributed by atoms with Gasteiger partial charge in [-0.15, -0.1) is 0 Å². The molecule has 0 saturated carbocycles. The predicted molar refractivity (Wildman–Crippen MR) is 72.5 cm³/mol. The second-order valence-electron chi connectivity index (χ2n) is 4.24. The Labute approximate surface area is 118 Å². The summed E-state index contributed by atoms with van der Waals surface area (Å²) in [6.45, 7) is 1.37. The number of rotatable bonds is 8. The molecule has 0 amide bonds. The van der Waals surface area contributed by atoms with Crippen molar-refractivity contribution in [1.29, 1.82) is 5.26 Å². The summed E-state index contributed by atoms with van der Waals surface area (Å²) in [4.78, 5) is 12.6. The van der Waals surface area contributed by atoms with Crippen LogP contribution in [0.3, 0.4) is 0 Å². The highest BCUT2D eigenvalue weighted by atomic mass is 16.5. The lowest BCUT2D eigenvalue weighted by Gasteiger charge is -2.20. The first-order chi connectivity index (χ1) is 9.60. The molecule has 1 aromatic rings. The quantitative estimate of drug-likeness (QED) is 0.766. The molecule has 0 fully saturated rings. The van der Waals surface area contributed by atoms with E-state index in [9.17, 15) is 4.79 Å². The van der Waals surface area contributed by atoms with E-state index in [-0.39, 0.29) is 6.54 Å². The van der Waals surface area contributed by atoms with Gasteiger partial charge in [0.2, 0.25) is 0 Å². The number of hydrogen-bond donors (Lipinski definition) is 1. The second-order valence-corrected chi connectivity index (χ2v) is 4.24. The summed E-state index contributed by atoms with van der Waals surface area (Å²) < 4.78 is 10.1. The minimum Gasteiger partial charge on any atom is -0.495 e. The van der Waals surface area contributed by atoms with Crippen LogP contribution in [0.15, 0.2) is 18.2 Å². The summed E-state index contributed by atoms with van der Waals surface area (Å²) in [5.74, 6) is -0.395. The molecule has 1 rings (SSSR count). The summed E-state index contributed by atoms with van der Waals surface area (Å²) in [5, 5.41) is 17.8. The summed E-state index contributed by atoms with van der Waals surface area (Å²) >= 11 is 0. The summed E-state index contributed by atoms with van der Waals surface area (Å²) in [6, 6.07) is 7.26. The smallest absolute Gasteiger partial charge is 0.317 e. The number of methoxy groups -OCH3 is 2. The molecule has 0 aliphatic heterocycles. The van der Waals surface area contributed by atoms with Crippen molar-refractivity contribution in [3.05, 3.63) is 29.3 Å². The molecule has 1 N–H and O–H groups in total. The van der Waals surface area contributed by atoms with Crippen LogP contribution in [0.25, 0.3) is 0 Å². The molecular weight excluding hydrogens is 260 g/mol. The highest BCUT2D eigenvalue weighted by Gasteiger charge is 2.11. The predicted octanol–water partition coefficient (Wildman–Crippen LogP) is 1.10. The van der Waals surface area contributed by atoms with Gasteiger partial charge in [-0.05, 0) is 17.7 Å². The van der Waals surface area contributed by atoms with Gasteiger partial charge in [0.1, 0.15) is 11.8 Å². The van der Waals surface area contributed by atoms with Crippen molar-refractivity contribution >= 4 is 5.97 Å². The molecule has 0 aromatic heterocycles. The fraction of sp³-hybridized carbons (Fsp3) is 0.429. The number of ether oxygens (including phenoxy) is 2. The van der Waals surface area contributed by atoms with Crippen molar-refractivity contribution in [2.45, 2.75) is 6.54 Å². The highest BCUT2D eigenvalue weighted by molar-refractivity contribution is 5.69. The molecule has 0 radical (unpaired) electrons. The number of hydrogen-bond acceptors (Lipinski definition) is 5. The topological polar surface area (TPSA) is 82.8 Å². The van der Waals surface area contributed by atoms with Crippen molar-refractivity contribution in [1.82, 2.24) is 4.90 Å². The van der Waals surface area contributed by atoms with Gasteiger partial charge in [0.15, 0.2) is 0 Å². The highest BCUT2D eigenvalue weighted by Crippen LogP contribution is 2.20. The van der Waals surface area contributed by atoms with Crippen LogP contribution in [0.4, 0.5) is 0 Å². The van der Waals surface area contributed by atoms with Gasteiger partial charge in [0.05, 0.1) is 25.8 Å². The molecule has 0 unspecified atom stereocenters. The Morgan fingerprint density at radius 1 is 1.45 bits per heavy atom. The monoisotopic (exact) mass is 278 g/mol. The molecule has 0 bridgehead atoms. The van der Waals surface area contributed by atoms with Crippen LogP contribution in [0.5, 0.6) is 5.75 Å². The number of carboxylic acid groups (broad SMARTS) is 1. The number of carbonyl (C=O) groups is 1. The standard InChI is InChI=1S/C14H18N2O4/c1-19-6-5-16(10-14(17)18)9-11-3-4-12(8-15)13(7-11)20-2/h3-4,7H,5-6,9-10H2,1-2H3,(H,17,18). The number of benzene rings is 1. The van der Waals surface area contributed by atoms with Crippen LogP contribution in [0.2, 0.25) is 0 Å². The zero-order valence-corrected chi connectivity index (χ0v) is 11.6. The van der Waals surface area contributed by atoms with Crippen molar-refractivity contribution in [3.8, 4) is 11.8 Å². The Morgan fingerprint density at radius 3 is 2.75 bits per heavy atom. The van der Waals surface area contributed by atoms with Crippen molar-refractivity contribution < 1.29 is 19.4 Å². The van der Waals surface area contributed by atoms with Crippen LogP contribution >= 0.6 is 0 Å². The maximum absolute atomic E-state index is 10.8. The molecule has 0 aliphatic carbocycles. The van der Waals surface area contributed by atoms with Crippen LogP contribution in [0.1, 0.15) is 11.1 Å². The first-order valence-electron chi connectivity index (χ1n) is 6.10. The lowest BCUT2D eigenvalue weighted by Crippen LogP contribution is -2.32. The third-order valence-corrected chi connectivity index (χ3v) is 2.76. The summed E-state index contributed by atoms with van der Waals surface area (Å²) in [5.41, 5.74) is 1.34. The Balaban J connectivity index is 2.82. The minimum absolute atomic E-state index is 0.0638. The van der Waals surface area contributed by atoms with Gasteiger partial charge in [0.25, 0.3) is 0 Å². The Morgan fingerprint density at radius 2 is 2.20 bits per heavy atom. The van der Waals surface area contributed by atoms with Gasteiger partial charge >= 0.3 is 5.97 Å². The molecule has 6 nitrogen and oxygen atoms in total. The number of nitriles is 1. The molecule has 0 saturated heterocycles. The van der Waals surface area contributed by atoms with E-state index in [0.29, 0.717) is 31.0 Å². The molecule has 0 heterocycles. The van der Waals surface area contributed by atoms with Gasteiger partial charge in [-0.25, -0.2) is 0 Å². The van der Waals surface area contributed by atoms with Crippen LogP contribution in [0, 0.1) is 11.3 Å². The SMILES string of the molecule is COCCN(CC(=O)O)Cc1ccc(C#N)c(OC)c1. The van der Waals surface area contributed by atoms with E-state index in [1.807, 2.05) is 6.07 Å². The van der Waals surface area contributed by atoms with E-state index in [0.717, 1.165) is 5.56 Å². The van der Waals surface area contributed by atoms with E-state index in [2.05, 4.69) is 0 Å². The maximum Gasteiger partial charge on any atom is 0.317 e. The molecule has 20 heavy (non-hydrogen) atoms. The van der Waals surface area contributed by atoms with Crippen molar-refractivity contribution in [2.75, 3.05) is 33.9 Å². The molecule has 6 heteroatoms. The van der Waals surface area contributed by atoms with Gasteiger partial charge in [0, 0.05) is 20.2 Å². The largest absolute Gasteiger partial charge is 0.495 e. The van der Waals surface area contributed by atoms with Gasteiger partial charge < -0.3 is 14.6 Å². The average molecular weight is 278 g/mol. The first-order valence-corrected chi connectivity index (χ1v) is 6.10. The fourth-order valence-electron chi connectivity index (χ4n) is 1.81. The number of nitrogens with zero attached hydrogens (tertiary/aromatic N) is 2. The van der Waals surface area contributed by atoms with E-state index in [1.54, 1.807) is 30.2 Å². The first kappa shape index (κ1) is 16.0. The lowest BCUT2D eigenvalue weighted by atomic mass is 10.1. The summed E-state index contributed by atoms with van der Waals surface area (Å²) in [7, 11) is 3.07. The Hall–Kier alpha value is -2.10. The average Bonchev–Trinajstić information content (AvgIpc) is 2.44. The molecule has 108 valence electrons. The molecule has 1 aromatic carbocycles. The Bertz CT molecular complexity index is 496. The van der Waals surface area contributed by atoms with E-state index in [1.165, 1.54) is 7.11 Å². The van der Waals surface area contributed by atoms with Crippen LogP contribution in [-0.4, -0.2) is 49.9 Å². The van der Waals surface area contributed by atoms with Crippen LogP contribution in [-0.2, 0) is 16.1 Å². The molecule has 0 atom stereocenters. The van der Waals surface area contributed by atoms with Crippen molar-refractivity contribution in [2.24, 2.45) is 0 Å². The third-order valence-electron chi connectivity index (χ3n) is 2.76. The second kappa shape index (κ2) is 8.15. The zero-order valence-electron chi connectivity index (χ0n) is 11.6. The molecular formula is C14H18N2O4. The van der Waals surface area contributed by atoms with Gasteiger partial charge in [-0.2, -0.15) is 5.26 Å². The van der Waals surface area contributed by atoms with Crippen molar-refractivity contribution in [3.63, 3.8) is 0 Å². The molecule has 0 aliphatic rings. The third kappa shape index (κ3) is 4.88. The van der Waals surface area contributed by atoms with Gasteiger partial charge in [-0.1, -0.05) is 6.07 Å². The molecule has 0 spiro atoms. The maximum atomic E-state index is 10.8. The van der Waals surface area contributed by atoms with E-state index >= 15 is 0 Å².